The summed E-state index contributed by atoms with van der Waals surface area (Å²) in [5, 5.41) is 4.58. The summed E-state index contributed by atoms with van der Waals surface area (Å²) in [6.07, 6.45) is 3.48. The summed E-state index contributed by atoms with van der Waals surface area (Å²) in [5.74, 6) is -0.457. The molecule has 1 aromatic heterocycles. The minimum atomic E-state index is -0.538. The van der Waals surface area contributed by atoms with E-state index < -0.39 is 11.4 Å². The highest BCUT2D eigenvalue weighted by molar-refractivity contribution is 6.31. The second kappa shape index (κ2) is 6.18. The van der Waals surface area contributed by atoms with Gasteiger partial charge in [0.2, 0.25) is 5.91 Å². The van der Waals surface area contributed by atoms with Crippen molar-refractivity contribution in [3.05, 3.63) is 64.8 Å². The summed E-state index contributed by atoms with van der Waals surface area (Å²) in [4.78, 5) is 27.7. The number of aromatic nitrogens is 1. The van der Waals surface area contributed by atoms with E-state index in [1.807, 2.05) is 24.4 Å². The zero-order valence-electron chi connectivity index (χ0n) is 14.1. The minimum Gasteiger partial charge on any atom is -0.465 e. The van der Waals surface area contributed by atoms with Crippen LogP contribution in [0.5, 0.6) is 0 Å². The molecule has 0 radical (unpaired) electrons. The second-order valence-electron chi connectivity index (χ2n) is 6.50. The molecule has 1 heterocycles. The van der Waals surface area contributed by atoms with Gasteiger partial charge in [-0.15, -0.1) is 0 Å². The molecule has 2 aromatic carbocycles. The van der Waals surface area contributed by atoms with E-state index in [9.17, 15) is 9.59 Å². The Morgan fingerprint density at radius 3 is 2.54 bits per heavy atom. The van der Waals surface area contributed by atoms with Crippen LogP contribution in [0.3, 0.4) is 0 Å². The molecule has 0 unspecified atom stereocenters. The predicted octanol–water partition coefficient (Wildman–Crippen LogP) is 4.28. The van der Waals surface area contributed by atoms with Crippen molar-refractivity contribution in [1.29, 1.82) is 0 Å². The molecule has 1 fully saturated rings. The van der Waals surface area contributed by atoms with E-state index in [-0.39, 0.29) is 5.91 Å². The lowest BCUT2D eigenvalue weighted by molar-refractivity contribution is -0.118. The van der Waals surface area contributed by atoms with Crippen molar-refractivity contribution in [3.63, 3.8) is 0 Å². The first-order valence-corrected chi connectivity index (χ1v) is 8.68. The maximum absolute atomic E-state index is 12.9. The summed E-state index contributed by atoms with van der Waals surface area (Å²) in [6, 6.07) is 12.3. The number of benzene rings is 2. The van der Waals surface area contributed by atoms with Crippen LogP contribution in [0.4, 0.5) is 5.69 Å². The third kappa shape index (κ3) is 2.74. The first-order valence-electron chi connectivity index (χ1n) is 8.30. The quantitative estimate of drug-likeness (QED) is 0.675. The molecule has 2 N–H and O–H groups in total. The van der Waals surface area contributed by atoms with Crippen LogP contribution >= 0.6 is 11.6 Å². The highest BCUT2D eigenvalue weighted by Crippen LogP contribution is 2.51. The SMILES string of the molecule is COC(=O)c1ccc(NC(=O)C2(c3c[nH]c4ccc(Cl)cc34)CC2)cc1. The number of H-pyrrole nitrogens is 1. The van der Waals surface area contributed by atoms with Gasteiger partial charge in [-0.3, -0.25) is 4.79 Å². The average molecular weight is 369 g/mol. The predicted molar refractivity (Wildman–Crippen MR) is 101 cm³/mol. The number of amides is 1. The topological polar surface area (TPSA) is 71.2 Å². The number of hydrogen-bond donors (Lipinski definition) is 2. The molecule has 0 bridgehead atoms. The van der Waals surface area contributed by atoms with Crippen LogP contribution in [-0.2, 0) is 14.9 Å². The molecule has 132 valence electrons. The molecule has 1 aliphatic rings. The highest BCUT2D eigenvalue weighted by Gasteiger charge is 2.52. The monoisotopic (exact) mass is 368 g/mol. The largest absolute Gasteiger partial charge is 0.465 e. The number of carbonyl (C=O) groups excluding carboxylic acids is 2. The van der Waals surface area contributed by atoms with Gasteiger partial charge in [0.05, 0.1) is 18.1 Å². The number of esters is 1. The number of fused-ring (bicyclic) bond motifs is 1. The molecule has 3 aromatic rings. The molecule has 1 saturated carbocycles. The normalized spacial score (nSPS) is 14.8. The Balaban J connectivity index is 1.59. The second-order valence-corrected chi connectivity index (χ2v) is 6.93. The summed E-state index contributed by atoms with van der Waals surface area (Å²) in [5.41, 5.74) is 2.48. The van der Waals surface area contributed by atoms with Gasteiger partial charge in [-0.25, -0.2) is 4.79 Å². The smallest absolute Gasteiger partial charge is 0.337 e. The highest BCUT2D eigenvalue weighted by atomic mass is 35.5. The Hall–Kier alpha value is -2.79. The van der Waals surface area contributed by atoms with E-state index in [0.717, 1.165) is 29.3 Å². The number of rotatable bonds is 4. The van der Waals surface area contributed by atoms with Gasteiger partial charge in [0.15, 0.2) is 0 Å². The van der Waals surface area contributed by atoms with Gasteiger partial charge in [-0.05, 0) is 60.9 Å². The fraction of sp³-hybridized carbons (Fsp3) is 0.200. The number of carbonyl (C=O) groups is 2. The van der Waals surface area contributed by atoms with Gasteiger partial charge in [0.1, 0.15) is 0 Å². The number of methoxy groups -OCH3 is 1. The fourth-order valence-corrected chi connectivity index (χ4v) is 3.46. The summed E-state index contributed by atoms with van der Waals surface area (Å²) in [6.45, 7) is 0. The summed E-state index contributed by atoms with van der Waals surface area (Å²) in [7, 11) is 1.34. The van der Waals surface area contributed by atoms with Crippen LogP contribution in [0.15, 0.2) is 48.7 Å². The number of halogens is 1. The van der Waals surface area contributed by atoms with E-state index in [4.69, 9.17) is 11.6 Å². The number of ether oxygens (including phenoxy) is 1. The molecule has 4 rings (SSSR count). The van der Waals surface area contributed by atoms with E-state index in [2.05, 4.69) is 15.0 Å². The van der Waals surface area contributed by atoms with Crippen LogP contribution in [0.1, 0.15) is 28.8 Å². The number of aromatic amines is 1. The Morgan fingerprint density at radius 2 is 1.88 bits per heavy atom. The number of hydrogen-bond acceptors (Lipinski definition) is 3. The van der Waals surface area contributed by atoms with E-state index in [0.29, 0.717) is 16.3 Å². The van der Waals surface area contributed by atoms with Crippen LogP contribution in [-0.4, -0.2) is 24.0 Å². The van der Waals surface area contributed by atoms with Crippen LogP contribution in [0, 0.1) is 0 Å². The van der Waals surface area contributed by atoms with E-state index in [1.165, 1.54) is 7.11 Å². The minimum absolute atomic E-state index is 0.0517. The lowest BCUT2D eigenvalue weighted by Gasteiger charge is -2.15. The molecule has 0 aliphatic heterocycles. The third-order valence-corrected chi connectivity index (χ3v) is 5.14. The fourth-order valence-electron chi connectivity index (χ4n) is 3.29. The Labute approximate surface area is 155 Å². The van der Waals surface area contributed by atoms with E-state index >= 15 is 0 Å². The van der Waals surface area contributed by atoms with Crippen LogP contribution in [0.25, 0.3) is 10.9 Å². The molecular weight excluding hydrogens is 352 g/mol. The molecule has 0 atom stereocenters. The van der Waals surface area contributed by atoms with Crippen molar-refractivity contribution >= 4 is 40.1 Å². The van der Waals surface area contributed by atoms with Crippen molar-refractivity contribution in [2.75, 3.05) is 12.4 Å². The van der Waals surface area contributed by atoms with E-state index in [1.54, 1.807) is 24.3 Å². The molecule has 5 nitrogen and oxygen atoms in total. The lowest BCUT2D eigenvalue weighted by Crippen LogP contribution is -2.27. The number of nitrogens with one attached hydrogen (secondary N) is 2. The molecule has 1 aliphatic carbocycles. The molecule has 0 saturated heterocycles. The van der Waals surface area contributed by atoms with Gasteiger partial charge in [-0.2, -0.15) is 0 Å². The molecule has 0 spiro atoms. The summed E-state index contributed by atoms with van der Waals surface area (Å²) >= 11 is 6.13. The first-order chi connectivity index (χ1) is 12.5. The number of anilines is 1. The van der Waals surface area contributed by atoms with Crippen molar-refractivity contribution in [1.82, 2.24) is 4.98 Å². The standard InChI is InChI=1S/C20H17ClN2O3/c1-26-18(24)12-2-5-14(6-3-12)23-19(25)20(8-9-20)16-11-22-17-7-4-13(21)10-15(16)17/h2-7,10-11,22H,8-9H2,1H3,(H,23,25). The zero-order valence-corrected chi connectivity index (χ0v) is 14.9. The van der Waals surface area contributed by atoms with Crippen molar-refractivity contribution in [2.45, 2.75) is 18.3 Å². The first kappa shape index (κ1) is 16.7. The molecule has 26 heavy (non-hydrogen) atoms. The summed E-state index contributed by atoms with van der Waals surface area (Å²) < 4.78 is 4.68. The van der Waals surface area contributed by atoms with Gasteiger partial charge in [0, 0.05) is 27.8 Å². The Kier molecular flexibility index (Phi) is 3.96. The molecular formula is C20H17ClN2O3. The van der Waals surface area contributed by atoms with Gasteiger partial charge < -0.3 is 15.0 Å². The molecule has 6 heteroatoms. The molecule has 1 amide bonds. The lowest BCUT2D eigenvalue weighted by atomic mass is 9.94. The average Bonchev–Trinajstić information content (AvgIpc) is 3.36. The van der Waals surface area contributed by atoms with Crippen LogP contribution < -0.4 is 5.32 Å². The van der Waals surface area contributed by atoms with Gasteiger partial charge >= 0.3 is 5.97 Å². The Morgan fingerprint density at radius 1 is 1.15 bits per heavy atom. The van der Waals surface area contributed by atoms with Crippen molar-refractivity contribution < 1.29 is 14.3 Å². The zero-order chi connectivity index (χ0) is 18.3. The van der Waals surface area contributed by atoms with Gasteiger partial charge in [-0.1, -0.05) is 11.6 Å². The Bertz CT molecular complexity index is 1000. The van der Waals surface area contributed by atoms with Crippen LogP contribution in [0.2, 0.25) is 5.02 Å². The van der Waals surface area contributed by atoms with Crippen molar-refractivity contribution in [3.8, 4) is 0 Å². The van der Waals surface area contributed by atoms with Gasteiger partial charge in [0.25, 0.3) is 0 Å². The third-order valence-electron chi connectivity index (χ3n) is 4.91. The van der Waals surface area contributed by atoms with Crippen molar-refractivity contribution in [2.24, 2.45) is 0 Å². The maximum atomic E-state index is 12.9. The maximum Gasteiger partial charge on any atom is 0.337 e.